The highest BCUT2D eigenvalue weighted by atomic mass is 35.5. The summed E-state index contributed by atoms with van der Waals surface area (Å²) in [6, 6.07) is 1.22. The minimum Gasteiger partial charge on any atom is -0.477 e. The van der Waals surface area contributed by atoms with Crippen molar-refractivity contribution in [3.63, 3.8) is 0 Å². The summed E-state index contributed by atoms with van der Waals surface area (Å²) in [6.45, 7) is -3.21. The predicted octanol–water partition coefficient (Wildman–Crippen LogP) is 2.55. The second-order valence-corrected chi connectivity index (χ2v) is 3.15. The maximum atomic E-state index is 11.9. The Hall–Kier alpha value is -1.96. The third-order valence-electron chi connectivity index (χ3n) is 1.69. The van der Waals surface area contributed by atoms with Crippen molar-refractivity contribution in [2.45, 2.75) is 6.61 Å². The smallest absolute Gasteiger partial charge is 0.387 e. The van der Waals surface area contributed by atoms with Gasteiger partial charge < -0.3 is 9.84 Å². The molecule has 0 atom stereocenters. The van der Waals surface area contributed by atoms with Crippen molar-refractivity contribution in [3.8, 4) is 5.75 Å². The number of carbonyl (C=O) groups is 1. The summed E-state index contributed by atoms with van der Waals surface area (Å²) < 4.78 is 27.8. The number of carboxylic acid groups (broad SMARTS) is 1. The van der Waals surface area contributed by atoms with E-state index < -0.39 is 39.5 Å². The standard InChI is InChI=1S/C8H4ClF2NO5/c9-4-2-5(12(15)16)3(7(13)14)1-6(4)17-8(10)11/h1-2,8H,(H,13,14). The molecule has 1 aromatic rings. The average molecular weight is 268 g/mol. The summed E-state index contributed by atoms with van der Waals surface area (Å²) in [6.07, 6.45) is 0. The molecule has 0 spiro atoms. The second-order valence-electron chi connectivity index (χ2n) is 2.74. The highest BCUT2D eigenvalue weighted by molar-refractivity contribution is 6.32. The molecule has 6 nitrogen and oxygen atoms in total. The van der Waals surface area contributed by atoms with Gasteiger partial charge in [0.05, 0.1) is 9.95 Å². The molecule has 92 valence electrons. The molecule has 0 bridgehead atoms. The van der Waals surface area contributed by atoms with E-state index in [1.54, 1.807) is 0 Å². The molecule has 0 saturated heterocycles. The maximum absolute atomic E-state index is 11.9. The Kier molecular flexibility index (Phi) is 3.79. The van der Waals surface area contributed by atoms with Crippen LogP contribution in [-0.2, 0) is 0 Å². The topological polar surface area (TPSA) is 89.7 Å². The van der Waals surface area contributed by atoms with E-state index in [2.05, 4.69) is 4.74 Å². The zero-order chi connectivity index (χ0) is 13.2. The minimum absolute atomic E-state index is 0.470. The van der Waals surface area contributed by atoms with E-state index in [9.17, 15) is 23.7 Å². The third-order valence-corrected chi connectivity index (χ3v) is 1.99. The first-order valence-corrected chi connectivity index (χ1v) is 4.36. The quantitative estimate of drug-likeness (QED) is 0.669. The van der Waals surface area contributed by atoms with Crippen LogP contribution in [0.25, 0.3) is 0 Å². The van der Waals surface area contributed by atoms with Crippen molar-refractivity contribution in [2.75, 3.05) is 0 Å². The fourth-order valence-corrected chi connectivity index (χ4v) is 1.25. The van der Waals surface area contributed by atoms with Crippen molar-refractivity contribution in [2.24, 2.45) is 0 Å². The van der Waals surface area contributed by atoms with E-state index in [-0.39, 0.29) is 0 Å². The Labute approximate surface area is 97.5 Å². The summed E-state index contributed by atoms with van der Waals surface area (Å²) >= 11 is 5.44. The van der Waals surface area contributed by atoms with E-state index in [0.717, 1.165) is 0 Å². The number of alkyl halides is 2. The van der Waals surface area contributed by atoms with Crippen LogP contribution >= 0.6 is 11.6 Å². The summed E-state index contributed by atoms with van der Waals surface area (Å²) in [5, 5.41) is 18.7. The molecular formula is C8H4ClF2NO5. The van der Waals surface area contributed by atoms with Gasteiger partial charge in [0.25, 0.3) is 5.69 Å². The number of halogens is 3. The minimum atomic E-state index is -3.21. The van der Waals surface area contributed by atoms with Crippen molar-refractivity contribution in [1.29, 1.82) is 0 Å². The van der Waals surface area contributed by atoms with Crippen LogP contribution in [0.2, 0.25) is 5.02 Å². The van der Waals surface area contributed by atoms with Crippen LogP contribution < -0.4 is 4.74 Å². The largest absolute Gasteiger partial charge is 0.477 e. The monoisotopic (exact) mass is 267 g/mol. The van der Waals surface area contributed by atoms with Crippen molar-refractivity contribution < 1.29 is 28.3 Å². The van der Waals surface area contributed by atoms with Gasteiger partial charge in [0.15, 0.2) is 0 Å². The Morgan fingerprint density at radius 3 is 2.53 bits per heavy atom. The maximum Gasteiger partial charge on any atom is 0.387 e. The SMILES string of the molecule is O=C(O)c1cc(OC(F)F)c(Cl)cc1[N+](=O)[O-]. The number of hydrogen-bond donors (Lipinski definition) is 1. The molecule has 1 N–H and O–H groups in total. The Morgan fingerprint density at radius 2 is 2.12 bits per heavy atom. The molecule has 0 heterocycles. The number of ether oxygens (including phenoxy) is 1. The molecule has 0 aliphatic rings. The molecule has 0 aromatic heterocycles. The van der Waals surface area contributed by atoms with Crippen LogP contribution in [0.4, 0.5) is 14.5 Å². The zero-order valence-electron chi connectivity index (χ0n) is 7.89. The molecule has 9 heteroatoms. The second kappa shape index (κ2) is 4.91. The number of nitro benzene ring substituents is 1. The number of rotatable bonds is 4. The highest BCUT2D eigenvalue weighted by Gasteiger charge is 2.24. The fraction of sp³-hybridized carbons (Fsp3) is 0.125. The molecule has 0 aliphatic heterocycles. The van der Waals surface area contributed by atoms with Gasteiger partial charge in [-0.3, -0.25) is 10.1 Å². The Bertz CT molecular complexity index is 479. The average Bonchev–Trinajstić information content (AvgIpc) is 2.19. The third kappa shape index (κ3) is 3.00. The Balaban J connectivity index is 3.34. The van der Waals surface area contributed by atoms with Gasteiger partial charge in [0.1, 0.15) is 11.3 Å². The van der Waals surface area contributed by atoms with Crippen LogP contribution in [-0.4, -0.2) is 22.6 Å². The van der Waals surface area contributed by atoms with Gasteiger partial charge in [-0.1, -0.05) is 11.6 Å². The lowest BCUT2D eigenvalue weighted by Crippen LogP contribution is -2.07. The highest BCUT2D eigenvalue weighted by Crippen LogP contribution is 2.33. The van der Waals surface area contributed by atoms with E-state index in [1.165, 1.54) is 0 Å². The van der Waals surface area contributed by atoms with E-state index >= 15 is 0 Å². The summed E-state index contributed by atoms with van der Waals surface area (Å²) in [5.41, 5.74) is -1.58. The number of nitro groups is 1. The van der Waals surface area contributed by atoms with Crippen LogP contribution in [0.5, 0.6) is 5.75 Å². The van der Waals surface area contributed by atoms with Gasteiger partial charge in [-0.25, -0.2) is 4.79 Å². The first kappa shape index (κ1) is 13.1. The Morgan fingerprint density at radius 1 is 1.53 bits per heavy atom. The lowest BCUT2D eigenvalue weighted by atomic mass is 10.1. The number of benzene rings is 1. The molecule has 1 rings (SSSR count). The summed E-state index contributed by atoms with van der Waals surface area (Å²) in [5.74, 6) is -2.28. The molecule has 0 fully saturated rings. The van der Waals surface area contributed by atoms with Gasteiger partial charge in [0, 0.05) is 12.1 Å². The molecule has 0 aliphatic carbocycles. The molecule has 17 heavy (non-hydrogen) atoms. The normalized spacial score (nSPS) is 10.4. The van der Waals surface area contributed by atoms with Gasteiger partial charge in [-0.15, -0.1) is 0 Å². The molecule has 0 saturated carbocycles. The van der Waals surface area contributed by atoms with Gasteiger partial charge in [-0.2, -0.15) is 8.78 Å². The van der Waals surface area contributed by atoms with Crippen LogP contribution in [0, 0.1) is 10.1 Å². The number of hydrogen-bond acceptors (Lipinski definition) is 4. The fourth-order valence-electron chi connectivity index (χ4n) is 1.05. The first-order valence-electron chi connectivity index (χ1n) is 3.99. The molecular weight excluding hydrogens is 264 g/mol. The van der Waals surface area contributed by atoms with Crippen LogP contribution in [0.3, 0.4) is 0 Å². The van der Waals surface area contributed by atoms with E-state index in [4.69, 9.17) is 16.7 Å². The van der Waals surface area contributed by atoms with Crippen molar-refractivity contribution in [3.05, 3.63) is 32.8 Å². The van der Waals surface area contributed by atoms with Gasteiger partial charge >= 0.3 is 12.6 Å². The van der Waals surface area contributed by atoms with E-state index in [0.29, 0.717) is 12.1 Å². The van der Waals surface area contributed by atoms with Gasteiger partial charge in [0.2, 0.25) is 0 Å². The number of aromatic carboxylic acids is 1. The molecule has 0 radical (unpaired) electrons. The van der Waals surface area contributed by atoms with Crippen molar-refractivity contribution in [1.82, 2.24) is 0 Å². The van der Waals surface area contributed by atoms with Crippen LogP contribution in [0.1, 0.15) is 10.4 Å². The molecule has 0 amide bonds. The summed E-state index contributed by atoms with van der Waals surface area (Å²) in [4.78, 5) is 20.2. The predicted molar refractivity (Wildman–Crippen MR) is 51.7 cm³/mol. The first-order chi connectivity index (χ1) is 7.82. The van der Waals surface area contributed by atoms with Crippen molar-refractivity contribution >= 4 is 23.3 Å². The lowest BCUT2D eigenvalue weighted by Gasteiger charge is -2.07. The number of nitrogens with zero attached hydrogens (tertiary/aromatic N) is 1. The van der Waals surface area contributed by atoms with E-state index in [1.807, 2.05) is 0 Å². The molecule has 0 unspecified atom stereocenters. The number of carboxylic acids is 1. The van der Waals surface area contributed by atoms with Gasteiger partial charge in [-0.05, 0) is 0 Å². The summed E-state index contributed by atoms with van der Waals surface area (Å²) in [7, 11) is 0. The lowest BCUT2D eigenvalue weighted by molar-refractivity contribution is -0.385. The molecule has 1 aromatic carbocycles. The van der Waals surface area contributed by atoms with Crippen LogP contribution in [0.15, 0.2) is 12.1 Å². The zero-order valence-corrected chi connectivity index (χ0v) is 8.65.